The lowest BCUT2D eigenvalue weighted by molar-refractivity contribution is 0.338. The van der Waals surface area contributed by atoms with Gasteiger partial charge in [0.05, 0.1) is 4.90 Å². The van der Waals surface area contributed by atoms with E-state index in [1.807, 2.05) is 6.07 Å². The van der Waals surface area contributed by atoms with Crippen molar-refractivity contribution < 1.29 is 8.42 Å². The van der Waals surface area contributed by atoms with E-state index in [1.54, 1.807) is 22.5 Å². The molecule has 0 N–H and O–H groups in total. The SMILES string of the molecule is O=S(=O)(c1ccccc1Br)N(CCBr)C1CCCC1. The predicted molar refractivity (Wildman–Crippen MR) is 84.1 cm³/mol. The first kappa shape index (κ1) is 15.5. The first-order chi connectivity index (χ1) is 9.07. The second kappa shape index (κ2) is 6.70. The maximum atomic E-state index is 12.8. The summed E-state index contributed by atoms with van der Waals surface area (Å²) in [5.41, 5.74) is 0. The first-order valence-corrected chi connectivity index (χ1v) is 9.75. The molecule has 1 aliphatic carbocycles. The number of hydrogen-bond acceptors (Lipinski definition) is 2. The molecule has 1 aromatic carbocycles. The van der Waals surface area contributed by atoms with Crippen LogP contribution in [-0.2, 0) is 10.0 Å². The van der Waals surface area contributed by atoms with Crippen LogP contribution >= 0.6 is 31.9 Å². The van der Waals surface area contributed by atoms with Crippen molar-refractivity contribution in [3.63, 3.8) is 0 Å². The zero-order valence-electron chi connectivity index (χ0n) is 10.6. The minimum absolute atomic E-state index is 0.148. The lowest BCUT2D eigenvalue weighted by Gasteiger charge is -2.27. The van der Waals surface area contributed by atoms with E-state index in [9.17, 15) is 8.42 Å². The molecule has 2 rings (SSSR count). The molecule has 19 heavy (non-hydrogen) atoms. The highest BCUT2D eigenvalue weighted by Crippen LogP contribution is 2.31. The second-order valence-electron chi connectivity index (χ2n) is 4.67. The van der Waals surface area contributed by atoms with Crippen molar-refractivity contribution in [2.45, 2.75) is 36.6 Å². The molecule has 0 aromatic heterocycles. The summed E-state index contributed by atoms with van der Waals surface area (Å²) < 4.78 is 27.9. The van der Waals surface area contributed by atoms with Crippen molar-refractivity contribution in [1.82, 2.24) is 4.31 Å². The van der Waals surface area contributed by atoms with E-state index in [0.717, 1.165) is 25.7 Å². The third-order valence-electron chi connectivity index (χ3n) is 3.46. The number of sulfonamides is 1. The Bertz CT molecular complexity index is 527. The van der Waals surface area contributed by atoms with Crippen LogP contribution in [-0.4, -0.2) is 30.6 Å². The van der Waals surface area contributed by atoms with Gasteiger partial charge in [0.15, 0.2) is 0 Å². The zero-order chi connectivity index (χ0) is 13.9. The van der Waals surface area contributed by atoms with E-state index in [0.29, 0.717) is 21.2 Å². The third kappa shape index (κ3) is 3.40. The van der Waals surface area contributed by atoms with Gasteiger partial charge in [0, 0.05) is 22.4 Å². The number of benzene rings is 1. The van der Waals surface area contributed by atoms with Crippen molar-refractivity contribution in [1.29, 1.82) is 0 Å². The maximum absolute atomic E-state index is 12.8. The molecule has 0 aliphatic heterocycles. The average molecular weight is 411 g/mol. The van der Waals surface area contributed by atoms with Gasteiger partial charge in [-0.3, -0.25) is 0 Å². The Labute approximate surface area is 131 Å². The van der Waals surface area contributed by atoms with Crippen LogP contribution < -0.4 is 0 Å². The van der Waals surface area contributed by atoms with E-state index in [2.05, 4.69) is 31.9 Å². The van der Waals surface area contributed by atoms with E-state index in [4.69, 9.17) is 0 Å². The van der Waals surface area contributed by atoms with E-state index in [-0.39, 0.29) is 6.04 Å². The number of nitrogens with zero attached hydrogens (tertiary/aromatic N) is 1. The number of hydrogen-bond donors (Lipinski definition) is 0. The third-order valence-corrected chi connectivity index (χ3v) is 6.78. The van der Waals surface area contributed by atoms with E-state index >= 15 is 0 Å². The highest BCUT2D eigenvalue weighted by Gasteiger charge is 2.33. The van der Waals surface area contributed by atoms with E-state index < -0.39 is 10.0 Å². The summed E-state index contributed by atoms with van der Waals surface area (Å²) in [4.78, 5) is 0.364. The Hall–Kier alpha value is 0.0900. The first-order valence-electron chi connectivity index (χ1n) is 6.39. The summed E-state index contributed by atoms with van der Waals surface area (Å²) in [5.74, 6) is 0. The van der Waals surface area contributed by atoms with Gasteiger partial charge in [-0.25, -0.2) is 8.42 Å². The largest absolute Gasteiger partial charge is 0.244 e. The van der Waals surface area contributed by atoms with Gasteiger partial charge < -0.3 is 0 Å². The monoisotopic (exact) mass is 409 g/mol. The molecule has 0 radical (unpaired) electrons. The Morgan fingerprint density at radius 2 is 1.84 bits per heavy atom. The molecule has 1 saturated carbocycles. The molecule has 0 spiro atoms. The topological polar surface area (TPSA) is 37.4 Å². The fourth-order valence-electron chi connectivity index (χ4n) is 2.55. The highest BCUT2D eigenvalue weighted by atomic mass is 79.9. The van der Waals surface area contributed by atoms with Gasteiger partial charge in [-0.2, -0.15) is 4.31 Å². The van der Waals surface area contributed by atoms with Gasteiger partial charge in [-0.15, -0.1) is 0 Å². The molecule has 0 bridgehead atoms. The Morgan fingerprint density at radius 3 is 2.42 bits per heavy atom. The molecular formula is C13H17Br2NO2S. The lowest BCUT2D eigenvalue weighted by atomic mass is 10.2. The standard InChI is InChI=1S/C13H17Br2NO2S/c14-9-10-16(11-5-1-2-6-11)19(17,18)13-8-4-3-7-12(13)15/h3-4,7-8,11H,1-2,5-6,9-10H2. The molecule has 6 heteroatoms. The molecular weight excluding hydrogens is 394 g/mol. The number of alkyl halides is 1. The van der Waals surface area contributed by atoms with Crippen LogP contribution in [0.1, 0.15) is 25.7 Å². The summed E-state index contributed by atoms with van der Waals surface area (Å²) in [6, 6.07) is 7.17. The quantitative estimate of drug-likeness (QED) is 0.692. The fraction of sp³-hybridized carbons (Fsp3) is 0.538. The smallest absolute Gasteiger partial charge is 0.207 e. The summed E-state index contributed by atoms with van der Waals surface area (Å²) in [6.07, 6.45) is 4.18. The zero-order valence-corrected chi connectivity index (χ0v) is 14.5. The van der Waals surface area contributed by atoms with Crippen molar-refractivity contribution in [3.8, 4) is 0 Å². The van der Waals surface area contributed by atoms with Gasteiger partial charge in [-0.05, 0) is 40.9 Å². The van der Waals surface area contributed by atoms with Crippen LogP contribution in [0.2, 0.25) is 0 Å². The normalized spacial score (nSPS) is 17.2. The fourth-order valence-corrected chi connectivity index (χ4v) is 5.82. The molecule has 0 heterocycles. The summed E-state index contributed by atoms with van der Waals surface area (Å²) in [5, 5.41) is 0.660. The molecule has 1 aliphatic rings. The number of halogens is 2. The Morgan fingerprint density at radius 1 is 1.21 bits per heavy atom. The molecule has 1 aromatic rings. The van der Waals surface area contributed by atoms with Crippen LogP contribution in [0.4, 0.5) is 0 Å². The maximum Gasteiger partial charge on any atom is 0.244 e. The second-order valence-corrected chi connectivity index (χ2v) is 8.18. The van der Waals surface area contributed by atoms with Crippen molar-refractivity contribution >= 4 is 41.9 Å². The molecule has 3 nitrogen and oxygen atoms in total. The molecule has 0 amide bonds. The van der Waals surface area contributed by atoms with Crippen LogP contribution in [0.3, 0.4) is 0 Å². The van der Waals surface area contributed by atoms with Gasteiger partial charge in [0.1, 0.15) is 0 Å². The van der Waals surface area contributed by atoms with Crippen molar-refractivity contribution in [3.05, 3.63) is 28.7 Å². The molecule has 0 atom stereocenters. The van der Waals surface area contributed by atoms with Gasteiger partial charge in [0.25, 0.3) is 0 Å². The highest BCUT2D eigenvalue weighted by molar-refractivity contribution is 9.10. The molecule has 0 saturated heterocycles. The summed E-state index contributed by atoms with van der Waals surface area (Å²) in [6.45, 7) is 0.522. The van der Waals surface area contributed by atoms with Crippen molar-refractivity contribution in [2.24, 2.45) is 0 Å². The van der Waals surface area contributed by atoms with E-state index in [1.165, 1.54) is 0 Å². The van der Waals surface area contributed by atoms with Gasteiger partial charge in [0.2, 0.25) is 10.0 Å². The van der Waals surface area contributed by atoms with Gasteiger partial charge >= 0.3 is 0 Å². The minimum atomic E-state index is -3.42. The molecule has 0 unspecified atom stereocenters. The summed E-state index contributed by atoms with van der Waals surface area (Å²) >= 11 is 6.71. The number of rotatable bonds is 5. The van der Waals surface area contributed by atoms with Crippen molar-refractivity contribution in [2.75, 3.05) is 11.9 Å². The van der Waals surface area contributed by atoms with Crippen LogP contribution in [0, 0.1) is 0 Å². The van der Waals surface area contributed by atoms with Crippen LogP contribution in [0.5, 0.6) is 0 Å². The summed E-state index contributed by atoms with van der Waals surface area (Å²) in [7, 11) is -3.42. The minimum Gasteiger partial charge on any atom is -0.207 e. The molecule has 1 fully saturated rings. The predicted octanol–water partition coefficient (Wildman–Crippen LogP) is 3.78. The van der Waals surface area contributed by atoms with Crippen LogP contribution in [0.25, 0.3) is 0 Å². The van der Waals surface area contributed by atoms with Crippen LogP contribution in [0.15, 0.2) is 33.6 Å². The van der Waals surface area contributed by atoms with Gasteiger partial charge in [-0.1, -0.05) is 40.9 Å². The Kier molecular flexibility index (Phi) is 5.45. The Balaban J connectivity index is 2.36. The lowest BCUT2D eigenvalue weighted by Crippen LogP contribution is -2.40. The average Bonchev–Trinajstić information content (AvgIpc) is 2.89. The molecule has 106 valence electrons.